The number of benzene rings is 1. The third-order valence-corrected chi connectivity index (χ3v) is 4.34. The van der Waals surface area contributed by atoms with Crippen molar-refractivity contribution in [2.24, 2.45) is 0 Å². The van der Waals surface area contributed by atoms with E-state index < -0.39 is 0 Å². The third-order valence-electron chi connectivity index (χ3n) is 4.34. The number of aromatic hydroxyl groups is 1. The van der Waals surface area contributed by atoms with Crippen molar-refractivity contribution in [3.8, 4) is 34.1 Å². The molecule has 0 saturated carbocycles. The van der Waals surface area contributed by atoms with Crippen LogP contribution in [0.3, 0.4) is 0 Å². The minimum absolute atomic E-state index is 0.0276. The fraction of sp³-hybridized carbons (Fsp3) is 0.250. The lowest BCUT2D eigenvalue weighted by Crippen LogP contribution is -1.97. The van der Waals surface area contributed by atoms with E-state index in [2.05, 4.69) is 0 Å². The Morgan fingerprint density at radius 2 is 1.35 bits per heavy atom. The highest BCUT2D eigenvalue weighted by atomic mass is 16.5. The number of hydrogen-bond donors (Lipinski definition) is 1. The summed E-state index contributed by atoms with van der Waals surface area (Å²) >= 11 is 0. The Bertz CT molecular complexity index is 1020. The third kappa shape index (κ3) is 2.73. The summed E-state index contributed by atoms with van der Waals surface area (Å²) in [7, 11) is 4.56. The molecule has 2 aromatic carbocycles. The van der Waals surface area contributed by atoms with Crippen LogP contribution in [0.25, 0.3) is 21.9 Å². The fourth-order valence-corrected chi connectivity index (χ4v) is 3.18. The molecule has 0 spiro atoms. The highest BCUT2D eigenvalue weighted by Gasteiger charge is 2.17. The van der Waals surface area contributed by atoms with Crippen molar-refractivity contribution in [1.29, 1.82) is 0 Å². The Morgan fingerprint density at radius 1 is 0.808 bits per heavy atom. The number of aryl methyl sites for hydroxylation is 2. The molecular weight excluding hydrogens is 336 g/mol. The van der Waals surface area contributed by atoms with Crippen LogP contribution in [0.5, 0.6) is 23.0 Å². The number of methoxy groups -OCH3 is 3. The van der Waals surface area contributed by atoms with Crippen LogP contribution in [-0.4, -0.2) is 26.4 Å². The van der Waals surface area contributed by atoms with Crippen LogP contribution in [0, 0.1) is 13.8 Å². The smallest absolute Gasteiger partial charge is 0.203 e. The highest BCUT2D eigenvalue weighted by molar-refractivity contribution is 5.92. The number of hydrogen-bond acceptors (Lipinski definition) is 6. The first-order valence-corrected chi connectivity index (χ1v) is 7.98. The number of fused-ring (bicyclic) bond motifs is 1. The highest BCUT2D eigenvalue weighted by Crippen LogP contribution is 2.42. The van der Waals surface area contributed by atoms with E-state index in [1.54, 1.807) is 26.0 Å². The second kappa shape index (κ2) is 6.63. The number of furan rings is 1. The minimum atomic E-state index is -0.238. The normalized spacial score (nSPS) is 10.8. The van der Waals surface area contributed by atoms with Crippen molar-refractivity contribution >= 4 is 10.8 Å². The summed E-state index contributed by atoms with van der Waals surface area (Å²) < 4.78 is 21.6. The zero-order valence-corrected chi connectivity index (χ0v) is 15.3. The molecule has 0 aliphatic carbocycles. The molecular formula is C20H20O6. The second-order valence-electron chi connectivity index (χ2n) is 5.87. The van der Waals surface area contributed by atoms with Gasteiger partial charge in [-0.2, -0.15) is 0 Å². The monoisotopic (exact) mass is 356 g/mol. The Morgan fingerprint density at radius 3 is 1.88 bits per heavy atom. The van der Waals surface area contributed by atoms with Gasteiger partial charge in [0.2, 0.25) is 5.75 Å². The second-order valence-corrected chi connectivity index (χ2v) is 5.87. The van der Waals surface area contributed by atoms with Gasteiger partial charge >= 0.3 is 0 Å². The molecule has 0 saturated heterocycles. The van der Waals surface area contributed by atoms with Crippen LogP contribution in [0.15, 0.2) is 33.5 Å². The standard InChI is InChI=1S/C20H20O6/c1-10-18-14(21)6-12(7-15(22)19(18)11(2)26-10)13-8-16(23-3)20(25-5)17(9-13)24-4/h6-9,21H,1-5H3. The van der Waals surface area contributed by atoms with E-state index in [-0.39, 0.29) is 11.2 Å². The first-order valence-electron chi connectivity index (χ1n) is 7.98. The Labute approximate surface area is 150 Å². The molecule has 1 heterocycles. The topological polar surface area (TPSA) is 78.1 Å². The molecule has 26 heavy (non-hydrogen) atoms. The van der Waals surface area contributed by atoms with Crippen LogP contribution in [0.4, 0.5) is 0 Å². The largest absolute Gasteiger partial charge is 0.507 e. The van der Waals surface area contributed by atoms with Crippen molar-refractivity contribution < 1.29 is 23.7 Å². The van der Waals surface area contributed by atoms with Gasteiger partial charge in [0.25, 0.3) is 0 Å². The molecule has 3 aromatic rings. The summed E-state index contributed by atoms with van der Waals surface area (Å²) in [5.74, 6) is 2.32. The predicted molar refractivity (Wildman–Crippen MR) is 98.7 cm³/mol. The van der Waals surface area contributed by atoms with Gasteiger partial charge < -0.3 is 23.7 Å². The lowest BCUT2D eigenvalue weighted by atomic mass is 10.1. The molecule has 0 atom stereocenters. The van der Waals surface area contributed by atoms with Gasteiger partial charge in [0.15, 0.2) is 16.9 Å². The first kappa shape index (κ1) is 17.7. The average Bonchev–Trinajstić information content (AvgIpc) is 2.85. The molecule has 0 amide bonds. The number of rotatable bonds is 4. The molecule has 6 nitrogen and oxygen atoms in total. The molecule has 0 aliphatic rings. The zero-order chi connectivity index (χ0) is 19.0. The van der Waals surface area contributed by atoms with E-state index in [0.29, 0.717) is 50.7 Å². The van der Waals surface area contributed by atoms with E-state index in [9.17, 15) is 9.90 Å². The maximum atomic E-state index is 12.7. The van der Waals surface area contributed by atoms with Gasteiger partial charge in [-0.15, -0.1) is 0 Å². The summed E-state index contributed by atoms with van der Waals surface area (Å²) in [4.78, 5) is 12.7. The fourth-order valence-electron chi connectivity index (χ4n) is 3.18. The summed E-state index contributed by atoms with van der Waals surface area (Å²) in [6.07, 6.45) is 0. The molecule has 0 bridgehead atoms. The minimum Gasteiger partial charge on any atom is -0.507 e. The first-order chi connectivity index (χ1) is 12.4. The van der Waals surface area contributed by atoms with E-state index in [1.807, 2.05) is 0 Å². The maximum absolute atomic E-state index is 12.7. The van der Waals surface area contributed by atoms with Gasteiger partial charge in [-0.1, -0.05) is 0 Å². The molecule has 0 aliphatic heterocycles. The van der Waals surface area contributed by atoms with Gasteiger partial charge in [-0.05, 0) is 49.2 Å². The van der Waals surface area contributed by atoms with Gasteiger partial charge in [0.05, 0.1) is 32.1 Å². The van der Waals surface area contributed by atoms with Crippen molar-refractivity contribution in [2.75, 3.05) is 21.3 Å². The predicted octanol–water partition coefficient (Wildman–Crippen LogP) is 3.81. The lowest BCUT2D eigenvalue weighted by Gasteiger charge is -2.13. The Balaban J connectivity index is 2.35. The molecule has 136 valence electrons. The van der Waals surface area contributed by atoms with Gasteiger partial charge in [-0.25, -0.2) is 0 Å². The summed E-state index contributed by atoms with van der Waals surface area (Å²) in [6.45, 7) is 3.42. The van der Waals surface area contributed by atoms with Crippen molar-refractivity contribution in [1.82, 2.24) is 0 Å². The van der Waals surface area contributed by atoms with E-state index >= 15 is 0 Å². The SMILES string of the molecule is COc1cc(-c2cc(O)c3c(C)oc(C)c3c(=O)c2)cc(OC)c1OC. The van der Waals surface area contributed by atoms with Crippen molar-refractivity contribution in [2.45, 2.75) is 13.8 Å². The van der Waals surface area contributed by atoms with Crippen LogP contribution >= 0.6 is 0 Å². The quantitative estimate of drug-likeness (QED) is 0.766. The maximum Gasteiger partial charge on any atom is 0.203 e. The molecule has 0 radical (unpaired) electrons. The van der Waals surface area contributed by atoms with Crippen LogP contribution < -0.4 is 19.6 Å². The van der Waals surface area contributed by atoms with Crippen LogP contribution in [0.1, 0.15) is 11.5 Å². The Kier molecular flexibility index (Phi) is 4.50. The lowest BCUT2D eigenvalue weighted by molar-refractivity contribution is 0.324. The van der Waals surface area contributed by atoms with Gasteiger partial charge in [-0.3, -0.25) is 4.79 Å². The Hall–Kier alpha value is -3.15. The summed E-state index contributed by atoms with van der Waals surface area (Å²) in [6, 6.07) is 6.45. The number of ether oxygens (including phenoxy) is 3. The zero-order valence-electron chi connectivity index (χ0n) is 15.3. The van der Waals surface area contributed by atoms with Gasteiger partial charge in [0.1, 0.15) is 17.3 Å². The van der Waals surface area contributed by atoms with Crippen LogP contribution in [-0.2, 0) is 0 Å². The molecule has 0 fully saturated rings. The van der Waals surface area contributed by atoms with Crippen molar-refractivity contribution in [3.63, 3.8) is 0 Å². The molecule has 1 aromatic heterocycles. The van der Waals surface area contributed by atoms with Crippen LogP contribution in [0.2, 0.25) is 0 Å². The van der Waals surface area contributed by atoms with E-state index in [4.69, 9.17) is 18.6 Å². The summed E-state index contributed by atoms with van der Waals surface area (Å²) in [5.41, 5.74) is 0.942. The summed E-state index contributed by atoms with van der Waals surface area (Å²) in [5, 5.41) is 11.4. The van der Waals surface area contributed by atoms with E-state index in [1.165, 1.54) is 33.5 Å². The van der Waals surface area contributed by atoms with E-state index in [0.717, 1.165) is 0 Å². The van der Waals surface area contributed by atoms with Crippen molar-refractivity contribution in [3.05, 3.63) is 46.0 Å². The van der Waals surface area contributed by atoms with Gasteiger partial charge in [0, 0.05) is 0 Å². The average molecular weight is 356 g/mol. The molecule has 0 unspecified atom stereocenters. The molecule has 3 rings (SSSR count). The molecule has 6 heteroatoms. The molecule has 1 N–H and O–H groups in total.